The fraction of sp³-hybridized carbons (Fsp3) is 0.500. The van der Waals surface area contributed by atoms with E-state index in [1.54, 1.807) is 20.8 Å². The molecule has 0 unspecified atom stereocenters. The van der Waals surface area contributed by atoms with Crippen LogP contribution in [0.5, 0.6) is 5.06 Å². The third-order valence-electron chi connectivity index (χ3n) is 1.10. The first-order valence-corrected chi connectivity index (χ1v) is 4.53. The highest BCUT2D eigenvalue weighted by atomic mass is 32.1. The van der Waals surface area contributed by atoms with E-state index in [2.05, 4.69) is 4.37 Å². The lowest BCUT2D eigenvalue weighted by molar-refractivity contribution is 0.00639. The number of hydrogen-bond donors (Lipinski definition) is 0. The van der Waals surface area contributed by atoms with Crippen LogP contribution in [0.2, 0.25) is 0 Å². The van der Waals surface area contributed by atoms with Gasteiger partial charge in [-0.15, -0.1) is 0 Å². The molecule has 0 saturated carbocycles. The molecule has 0 aliphatic carbocycles. The third-order valence-corrected chi connectivity index (χ3v) is 1.68. The molecule has 0 N–H and O–H groups in total. The van der Waals surface area contributed by atoms with Crippen molar-refractivity contribution in [1.82, 2.24) is 4.37 Å². The van der Waals surface area contributed by atoms with Gasteiger partial charge in [0.1, 0.15) is 5.60 Å². The Morgan fingerprint density at radius 2 is 2.15 bits per heavy atom. The van der Waals surface area contributed by atoms with E-state index in [9.17, 15) is 9.90 Å². The maximum atomic E-state index is 11.3. The van der Waals surface area contributed by atoms with Crippen molar-refractivity contribution in [3.8, 4) is 5.06 Å². The standard InChI is InChI=1S/C8H10NO3S/c1-8(2,3)12-7(11)5-4-6(10)13-9-5/h4H,1-3H3. The molecule has 0 aliphatic rings. The minimum atomic E-state index is -0.552. The first-order chi connectivity index (χ1) is 5.88. The lowest BCUT2D eigenvalue weighted by Crippen LogP contribution is -2.23. The van der Waals surface area contributed by atoms with E-state index in [1.807, 2.05) is 0 Å². The summed E-state index contributed by atoms with van der Waals surface area (Å²) in [5, 5.41) is 10.5. The topological polar surface area (TPSA) is 59.1 Å². The molecule has 0 bridgehead atoms. The number of carbonyl (C=O) groups is 1. The molecular formula is C8H10NO3S. The summed E-state index contributed by atoms with van der Waals surface area (Å²) in [6.45, 7) is 5.28. The van der Waals surface area contributed by atoms with Crippen LogP contribution in [-0.2, 0) is 9.84 Å². The fourth-order valence-corrected chi connectivity index (χ4v) is 1.16. The summed E-state index contributed by atoms with van der Waals surface area (Å²) >= 11 is 0.752. The van der Waals surface area contributed by atoms with E-state index >= 15 is 0 Å². The summed E-state index contributed by atoms with van der Waals surface area (Å²) < 4.78 is 8.66. The largest absolute Gasteiger partial charge is 0.455 e. The van der Waals surface area contributed by atoms with Gasteiger partial charge in [-0.2, -0.15) is 4.37 Å². The Labute approximate surface area is 80.3 Å². The molecule has 0 spiro atoms. The number of ether oxygens (including phenoxy) is 1. The SMILES string of the molecule is CC(C)(C)OC(=O)c1cc([O])sn1. The minimum Gasteiger partial charge on any atom is -0.455 e. The number of rotatable bonds is 1. The van der Waals surface area contributed by atoms with Gasteiger partial charge in [-0.3, -0.25) is 5.11 Å². The summed E-state index contributed by atoms with van der Waals surface area (Å²) in [5.74, 6) is -0.550. The number of aromatic nitrogens is 1. The van der Waals surface area contributed by atoms with Crippen LogP contribution in [0.3, 0.4) is 0 Å². The van der Waals surface area contributed by atoms with E-state index in [0.717, 1.165) is 11.5 Å². The highest BCUT2D eigenvalue weighted by Gasteiger charge is 2.20. The average Bonchev–Trinajstić information content (AvgIpc) is 2.31. The first-order valence-electron chi connectivity index (χ1n) is 3.75. The number of hydrogen-bond acceptors (Lipinski definition) is 4. The Morgan fingerprint density at radius 1 is 1.54 bits per heavy atom. The Bertz CT molecular complexity index is 313. The molecule has 1 radical (unpaired) electrons. The smallest absolute Gasteiger partial charge is 0.358 e. The van der Waals surface area contributed by atoms with E-state index in [4.69, 9.17) is 4.74 Å². The second-order valence-electron chi connectivity index (χ2n) is 3.53. The first kappa shape index (κ1) is 9.98. The van der Waals surface area contributed by atoms with Crippen LogP contribution in [0.15, 0.2) is 6.07 Å². The molecule has 0 saturated heterocycles. The summed E-state index contributed by atoms with van der Waals surface area (Å²) in [6, 6.07) is 1.18. The molecule has 0 atom stereocenters. The van der Waals surface area contributed by atoms with Gasteiger partial charge < -0.3 is 4.74 Å². The molecule has 13 heavy (non-hydrogen) atoms. The predicted molar refractivity (Wildman–Crippen MR) is 47.4 cm³/mol. The van der Waals surface area contributed by atoms with Gasteiger partial charge in [-0.25, -0.2) is 4.79 Å². The molecule has 1 aromatic rings. The van der Waals surface area contributed by atoms with Crippen molar-refractivity contribution in [2.75, 3.05) is 0 Å². The van der Waals surface area contributed by atoms with Gasteiger partial charge >= 0.3 is 5.97 Å². The van der Waals surface area contributed by atoms with Crippen molar-refractivity contribution in [1.29, 1.82) is 0 Å². The molecular weight excluding hydrogens is 190 g/mol. The highest BCUT2D eigenvalue weighted by Crippen LogP contribution is 2.19. The molecule has 5 heteroatoms. The van der Waals surface area contributed by atoms with Crippen LogP contribution in [-0.4, -0.2) is 15.9 Å². The van der Waals surface area contributed by atoms with Crippen molar-refractivity contribution in [2.45, 2.75) is 26.4 Å². The van der Waals surface area contributed by atoms with E-state index < -0.39 is 11.6 Å². The quantitative estimate of drug-likeness (QED) is 0.653. The molecule has 71 valence electrons. The number of esters is 1. The maximum absolute atomic E-state index is 11.3. The van der Waals surface area contributed by atoms with Crippen molar-refractivity contribution < 1.29 is 14.6 Å². The van der Waals surface area contributed by atoms with Gasteiger partial charge in [0.15, 0.2) is 5.69 Å². The molecule has 4 nitrogen and oxygen atoms in total. The van der Waals surface area contributed by atoms with Crippen molar-refractivity contribution in [3.05, 3.63) is 11.8 Å². The van der Waals surface area contributed by atoms with E-state index in [1.165, 1.54) is 6.07 Å². The van der Waals surface area contributed by atoms with Gasteiger partial charge in [0.05, 0.1) is 0 Å². The number of nitrogens with zero attached hydrogens (tertiary/aromatic N) is 1. The minimum absolute atomic E-state index is 0.0879. The van der Waals surface area contributed by atoms with Gasteiger partial charge in [0.25, 0.3) is 5.06 Å². The van der Waals surface area contributed by atoms with Crippen molar-refractivity contribution >= 4 is 17.5 Å². The van der Waals surface area contributed by atoms with Crippen LogP contribution in [0.25, 0.3) is 0 Å². The lowest BCUT2D eigenvalue weighted by Gasteiger charge is -2.18. The van der Waals surface area contributed by atoms with E-state index in [0.29, 0.717) is 0 Å². The van der Waals surface area contributed by atoms with Crippen LogP contribution in [0.1, 0.15) is 31.3 Å². The predicted octanol–water partition coefficient (Wildman–Crippen LogP) is 2.24. The molecule has 1 aromatic heterocycles. The lowest BCUT2D eigenvalue weighted by atomic mass is 10.2. The van der Waals surface area contributed by atoms with Gasteiger partial charge in [0, 0.05) is 17.6 Å². The summed E-state index contributed by atoms with van der Waals surface area (Å²) in [4.78, 5) is 11.3. The van der Waals surface area contributed by atoms with E-state index in [-0.39, 0.29) is 10.8 Å². The fourth-order valence-electron chi connectivity index (χ4n) is 0.685. The Morgan fingerprint density at radius 3 is 2.54 bits per heavy atom. The summed E-state index contributed by atoms with van der Waals surface area (Å²) in [6.07, 6.45) is 0. The zero-order chi connectivity index (χ0) is 10.1. The second kappa shape index (κ2) is 3.33. The van der Waals surface area contributed by atoms with Crippen molar-refractivity contribution in [2.24, 2.45) is 0 Å². The monoisotopic (exact) mass is 200 g/mol. The van der Waals surface area contributed by atoms with Crippen LogP contribution in [0.4, 0.5) is 0 Å². The molecule has 1 rings (SSSR count). The molecule has 1 heterocycles. The van der Waals surface area contributed by atoms with Crippen LogP contribution >= 0.6 is 11.5 Å². The average molecular weight is 200 g/mol. The van der Waals surface area contributed by atoms with Gasteiger partial charge in [-0.05, 0) is 20.8 Å². The molecule has 0 aliphatic heterocycles. The normalized spacial score (nSPS) is 11.3. The number of carbonyl (C=O) groups excluding carboxylic acids is 1. The Hall–Kier alpha value is -1.10. The second-order valence-corrected chi connectivity index (χ2v) is 4.30. The van der Waals surface area contributed by atoms with Crippen LogP contribution < -0.4 is 0 Å². The Kier molecular flexibility index (Phi) is 2.56. The summed E-state index contributed by atoms with van der Waals surface area (Å²) in [5.41, 5.74) is -0.464. The summed E-state index contributed by atoms with van der Waals surface area (Å²) in [7, 11) is 0. The molecule has 0 aromatic carbocycles. The third kappa shape index (κ3) is 3.02. The maximum Gasteiger partial charge on any atom is 0.358 e. The highest BCUT2D eigenvalue weighted by molar-refractivity contribution is 7.07. The van der Waals surface area contributed by atoms with Crippen molar-refractivity contribution in [3.63, 3.8) is 0 Å². The molecule has 0 fully saturated rings. The van der Waals surface area contributed by atoms with Gasteiger partial charge in [-0.1, -0.05) is 0 Å². The zero-order valence-electron chi connectivity index (χ0n) is 7.66. The molecule has 0 amide bonds. The van der Waals surface area contributed by atoms with Gasteiger partial charge in [0.2, 0.25) is 0 Å². The zero-order valence-corrected chi connectivity index (χ0v) is 8.47. The van der Waals surface area contributed by atoms with Crippen LogP contribution in [0, 0.1) is 0 Å². The Balaban J connectivity index is 2.70.